The summed E-state index contributed by atoms with van der Waals surface area (Å²) in [5, 5.41) is 7.02. The number of nitrogens with two attached hydrogens (primary N) is 1. The van der Waals surface area contributed by atoms with Gasteiger partial charge < -0.3 is 10.5 Å². The fourth-order valence-corrected chi connectivity index (χ4v) is 5.58. The largest absolute Gasteiger partial charge is 0.494 e. The van der Waals surface area contributed by atoms with Gasteiger partial charge in [0, 0.05) is 16.6 Å². The highest BCUT2D eigenvalue weighted by atomic mass is 32.1. The number of halogens is 2. The first-order chi connectivity index (χ1) is 18.8. The van der Waals surface area contributed by atoms with E-state index >= 15 is 0 Å². The van der Waals surface area contributed by atoms with Crippen molar-refractivity contribution >= 4 is 33.1 Å². The summed E-state index contributed by atoms with van der Waals surface area (Å²) in [5.41, 5.74) is 8.81. The molecule has 0 amide bonds. The van der Waals surface area contributed by atoms with Crippen LogP contribution in [0, 0.1) is 18.6 Å². The minimum absolute atomic E-state index is 0.0871. The average Bonchev–Trinajstić information content (AvgIpc) is 3.50. The summed E-state index contributed by atoms with van der Waals surface area (Å²) < 4.78 is 37.1. The quantitative estimate of drug-likeness (QED) is 0.324. The molecule has 1 atom stereocenters. The average molecular weight is 546 g/mol. The van der Waals surface area contributed by atoms with Crippen molar-refractivity contribution in [3.8, 4) is 28.1 Å². The van der Waals surface area contributed by atoms with Crippen molar-refractivity contribution < 1.29 is 13.5 Å². The van der Waals surface area contributed by atoms with Gasteiger partial charge in [0.05, 0.1) is 29.8 Å². The Hall–Kier alpha value is -4.71. The molecule has 4 heterocycles. The van der Waals surface area contributed by atoms with Gasteiger partial charge in [0.25, 0.3) is 5.56 Å². The summed E-state index contributed by atoms with van der Waals surface area (Å²) in [4.78, 5) is 27.7. The predicted molar refractivity (Wildman–Crippen MR) is 145 cm³/mol. The third kappa shape index (κ3) is 3.91. The lowest BCUT2D eigenvalue weighted by atomic mass is 10.0. The number of nitrogen functional groups attached to an aromatic ring is 1. The molecule has 196 valence electrons. The zero-order valence-corrected chi connectivity index (χ0v) is 21.8. The lowest BCUT2D eigenvalue weighted by molar-refractivity contribution is 0.386. The summed E-state index contributed by atoms with van der Waals surface area (Å²) in [6.07, 6.45) is 1.31. The third-order valence-electron chi connectivity index (χ3n) is 6.59. The lowest BCUT2D eigenvalue weighted by Crippen LogP contribution is -2.23. The van der Waals surface area contributed by atoms with Crippen LogP contribution in [0.1, 0.15) is 24.4 Å². The summed E-state index contributed by atoms with van der Waals surface area (Å²) in [7, 11) is 1.38. The van der Waals surface area contributed by atoms with Crippen molar-refractivity contribution in [1.29, 1.82) is 0 Å². The van der Waals surface area contributed by atoms with Gasteiger partial charge in [-0.3, -0.25) is 9.20 Å². The molecule has 12 heteroatoms. The van der Waals surface area contributed by atoms with E-state index in [1.54, 1.807) is 22.9 Å². The Labute approximate surface area is 224 Å². The van der Waals surface area contributed by atoms with Gasteiger partial charge in [0.1, 0.15) is 23.7 Å². The van der Waals surface area contributed by atoms with Crippen molar-refractivity contribution in [1.82, 2.24) is 29.1 Å². The minimum atomic E-state index is -0.656. The standard InChI is InChI=1S/C27H21F2N7O2S/c1-13-11-39-27-33-22(20(26(37)35(13)27)15-5-4-6-17(28)9-15)14(2)36-25-21(24(30)31-12-32-25)23(34-36)16-7-8-19(38-3)18(29)10-16/h4-12,14H,1-3H3,(H2,30,31,32)/t14-/m0/s1. The van der Waals surface area contributed by atoms with Gasteiger partial charge in [0.15, 0.2) is 22.2 Å². The number of anilines is 1. The Kier molecular flexibility index (Phi) is 5.83. The van der Waals surface area contributed by atoms with E-state index in [-0.39, 0.29) is 22.7 Å². The van der Waals surface area contributed by atoms with Gasteiger partial charge in [-0.2, -0.15) is 5.10 Å². The van der Waals surface area contributed by atoms with Crippen molar-refractivity contribution in [2.45, 2.75) is 19.9 Å². The number of aryl methyl sites for hydroxylation is 1. The molecule has 0 aliphatic heterocycles. The van der Waals surface area contributed by atoms with E-state index in [0.29, 0.717) is 38.5 Å². The van der Waals surface area contributed by atoms with Crippen molar-refractivity contribution in [3.63, 3.8) is 0 Å². The van der Waals surface area contributed by atoms with E-state index in [0.717, 1.165) is 5.69 Å². The molecule has 2 N–H and O–H groups in total. The first-order valence-electron chi connectivity index (χ1n) is 11.9. The number of rotatable bonds is 5. The maximum atomic E-state index is 14.6. The van der Waals surface area contributed by atoms with Crippen LogP contribution in [0.15, 0.2) is 59.0 Å². The fraction of sp³-hybridized carbons (Fsp3) is 0.148. The number of hydrogen-bond donors (Lipinski definition) is 1. The van der Waals surface area contributed by atoms with Crippen LogP contribution in [-0.4, -0.2) is 36.2 Å². The van der Waals surface area contributed by atoms with Crippen molar-refractivity contribution in [2.24, 2.45) is 0 Å². The molecule has 0 unspecified atom stereocenters. The number of fused-ring (bicyclic) bond motifs is 2. The van der Waals surface area contributed by atoms with Crippen LogP contribution in [0.25, 0.3) is 38.4 Å². The number of benzene rings is 2. The molecule has 0 radical (unpaired) electrons. The van der Waals surface area contributed by atoms with Gasteiger partial charge >= 0.3 is 0 Å². The molecule has 0 saturated heterocycles. The molecular weight excluding hydrogens is 524 g/mol. The fourth-order valence-electron chi connectivity index (χ4n) is 4.71. The van der Waals surface area contributed by atoms with Crippen molar-refractivity contribution in [2.75, 3.05) is 12.8 Å². The smallest absolute Gasteiger partial charge is 0.266 e. The number of ether oxygens (including phenoxy) is 1. The molecule has 2 aromatic carbocycles. The second-order valence-electron chi connectivity index (χ2n) is 8.96. The van der Waals surface area contributed by atoms with E-state index in [2.05, 4.69) is 9.97 Å². The highest BCUT2D eigenvalue weighted by Gasteiger charge is 2.27. The topological polar surface area (TPSA) is 113 Å². The maximum absolute atomic E-state index is 14.6. The van der Waals surface area contributed by atoms with Gasteiger partial charge in [-0.15, -0.1) is 11.3 Å². The Balaban J connectivity index is 1.63. The normalized spacial score (nSPS) is 12.3. The van der Waals surface area contributed by atoms with Gasteiger partial charge in [-0.25, -0.2) is 28.4 Å². The number of nitrogens with zero attached hydrogens (tertiary/aromatic N) is 6. The van der Waals surface area contributed by atoms with E-state index in [1.165, 1.54) is 53.4 Å². The first kappa shape index (κ1) is 24.6. The minimum Gasteiger partial charge on any atom is -0.494 e. The predicted octanol–water partition coefficient (Wildman–Crippen LogP) is 5.02. The molecule has 0 bridgehead atoms. The number of thiazole rings is 1. The Morgan fingerprint density at radius 2 is 1.92 bits per heavy atom. The second-order valence-corrected chi connectivity index (χ2v) is 9.80. The highest BCUT2D eigenvalue weighted by molar-refractivity contribution is 7.15. The maximum Gasteiger partial charge on any atom is 0.266 e. The molecule has 9 nitrogen and oxygen atoms in total. The van der Waals surface area contributed by atoms with Crippen LogP contribution in [-0.2, 0) is 0 Å². The molecule has 6 aromatic rings. The summed E-state index contributed by atoms with van der Waals surface area (Å²) in [6, 6.07) is 9.62. The Morgan fingerprint density at radius 3 is 2.67 bits per heavy atom. The first-order valence-corrected chi connectivity index (χ1v) is 12.8. The van der Waals surface area contributed by atoms with Gasteiger partial charge in [-0.05, 0) is 49.7 Å². The molecule has 0 fully saturated rings. The summed E-state index contributed by atoms with van der Waals surface area (Å²) in [6.45, 7) is 3.62. The van der Waals surface area contributed by atoms with Crippen LogP contribution in [0.2, 0.25) is 0 Å². The number of methoxy groups -OCH3 is 1. The zero-order valence-electron chi connectivity index (χ0n) is 21.0. The molecule has 0 aliphatic rings. The SMILES string of the molecule is COc1ccc(-c2nn([C@@H](C)c3nc4scc(C)n4c(=O)c3-c3cccc(F)c3)c3ncnc(N)c23)cc1F. The summed E-state index contributed by atoms with van der Waals surface area (Å²) >= 11 is 1.32. The van der Waals surface area contributed by atoms with Gasteiger partial charge in [-0.1, -0.05) is 12.1 Å². The number of aromatic nitrogens is 6. The van der Waals surface area contributed by atoms with Crippen LogP contribution < -0.4 is 16.0 Å². The van der Waals surface area contributed by atoms with Crippen LogP contribution in [0.5, 0.6) is 5.75 Å². The lowest BCUT2D eigenvalue weighted by Gasteiger charge is -2.17. The van der Waals surface area contributed by atoms with Crippen molar-refractivity contribution in [3.05, 3.63) is 87.5 Å². The van der Waals surface area contributed by atoms with E-state index < -0.39 is 17.7 Å². The molecule has 0 aliphatic carbocycles. The molecule has 0 saturated carbocycles. The van der Waals surface area contributed by atoms with Crippen LogP contribution in [0.3, 0.4) is 0 Å². The van der Waals surface area contributed by atoms with E-state index in [4.69, 9.17) is 20.6 Å². The second kappa shape index (κ2) is 9.24. The van der Waals surface area contributed by atoms with Gasteiger partial charge in [0.2, 0.25) is 0 Å². The molecule has 6 rings (SSSR count). The third-order valence-corrected chi connectivity index (χ3v) is 7.53. The molecule has 0 spiro atoms. The zero-order chi connectivity index (χ0) is 27.4. The monoisotopic (exact) mass is 545 g/mol. The molecule has 39 heavy (non-hydrogen) atoms. The van der Waals surface area contributed by atoms with Crippen LogP contribution in [0.4, 0.5) is 14.6 Å². The highest BCUT2D eigenvalue weighted by Crippen LogP contribution is 2.36. The van der Waals surface area contributed by atoms with E-state index in [9.17, 15) is 13.6 Å². The Morgan fingerprint density at radius 1 is 1.10 bits per heavy atom. The summed E-state index contributed by atoms with van der Waals surface area (Å²) in [5.74, 6) is -0.800. The molecule has 4 aromatic heterocycles. The molecular formula is C27H21F2N7O2S. The van der Waals surface area contributed by atoms with E-state index in [1.807, 2.05) is 19.2 Å². The number of hydrogen-bond acceptors (Lipinski definition) is 8. The Bertz CT molecular complexity index is 1960. The van der Waals surface area contributed by atoms with Crippen LogP contribution >= 0.6 is 11.3 Å².